The van der Waals surface area contributed by atoms with E-state index in [2.05, 4.69) is 21.8 Å². The molecule has 0 amide bonds. The lowest BCUT2D eigenvalue weighted by molar-refractivity contribution is 0.414. The van der Waals surface area contributed by atoms with Crippen LogP contribution in [0.3, 0.4) is 0 Å². The molecule has 20 heavy (non-hydrogen) atoms. The highest BCUT2D eigenvalue weighted by Crippen LogP contribution is 2.34. The largest absolute Gasteiger partial charge is 0.497 e. The van der Waals surface area contributed by atoms with E-state index < -0.39 is 0 Å². The van der Waals surface area contributed by atoms with Gasteiger partial charge in [-0.15, -0.1) is 0 Å². The van der Waals surface area contributed by atoms with E-state index in [1.165, 1.54) is 5.69 Å². The zero-order valence-corrected chi connectivity index (χ0v) is 12.4. The summed E-state index contributed by atoms with van der Waals surface area (Å²) in [4.78, 5) is 4.32. The molecule has 0 spiro atoms. The van der Waals surface area contributed by atoms with Crippen molar-refractivity contribution in [2.24, 2.45) is 0 Å². The number of hydrogen-bond acceptors (Lipinski definition) is 3. The van der Waals surface area contributed by atoms with Gasteiger partial charge in [0.05, 0.1) is 24.1 Å². The first-order valence-electron chi connectivity index (χ1n) is 6.71. The van der Waals surface area contributed by atoms with Gasteiger partial charge in [0.25, 0.3) is 0 Å². The summed E-state index contributed by atoms with van der Waals surface area (Å²) in [7, 11) is 1.66. The summed E-state index contributed by atoms with van der Waals surface area (Å²) in [6.45, 7) is 4.25. The zero-order chi connectivity index (χ0) is 14.2. The first-order valence-corrected chi connectivity index (χ1v) is 7.09. The van der Waals surface area contributed by atoms with Crippen LogP contribution in [0.1, 0.15) is 19.0 Å². The molecule has 1 fully saturated rings. The van der Waals surface area contributed by atoms with Gasteiger partial charge in [0.2, 0.25) is 0 Å². The maximum atomic E-state index is 6.35. The Kier molecular flexibility index (Phi) is 3.44. The van der Waals surface area contributed by atoms with Crippen LogP contribution in [-0.2, 0) is 5.41 Å². The maximum Gasteiger partial charge on any atom is 0.121 e. The fourth-order valence-electron chi connectivity index (χ4n) is 2.77. The van der Waals surface area contributed by atoms with Crippen LogP contribution in [0, 0.1) is 0 Å². The number of imidazole rings is 1. The average Bonchev–Trinajstić information content (AvgIpc) is 3.09. The minimum atomic E-state index is 0.0862. The van der Waals surface area contributed by atoms with Crippen molar-refractivity contribution >= 4 is 11.6 Å². The van der Waals surface area contributed by atoms with Crippen LogP contribution in [0.15, 0.2) is 30.7 Å². The van der Waals surface area contributed by atoms with E-state index >= 15 is 0 Å². The monoisotopic (exact) mass is 291 g/mol. The van der Waals surface area contributed by atoms with Gasteiger partial charge in [0, 0.05) is 29.9 Å². The topological polar surface area (TPSA) is 39.1 Å². The number of nitrogens with one attached hydrogen (secondary N) is 1. The molecular formula is C15H18ClN3O. The second kappa shape index (κ2) is 5.11. The van der Waals surface area contributed by atoms with Crippen molar-refractivity contribution in [3.05, 3.63) is 41.4 Å². The Bertz CT molecular complexity index is 617. The third-order valence-electron chi connectivity index (χ3n) is 4.04. The zero-order valence-electron chi connectivity index (χ0n) is 11.7. The van der Waals surface area contributed by atoms with Gasteiger partial charge in [-0.3, -0.25) is 0 Å². The summed E-state index contributed by atoms with van der Waals surface area (Å²) < 4.78 is 7.36. The molecule has 0 saturated carbocycles. The minimum absolute atomic E-state index is 0.0862. The number of rotatable bonds is 3. The second-order valence-electron chi connectivity index (χ2n) is 5.45. The molecule has 2 aromatic rings. The summed E-state index contributed by atoms with van der Waals surface area (Å²) in [5.41, 5.74) is 2.17. The van der Waals surface area contributed by atoms with Gasteiger partial charge >= 0.3 is 0 Å². The maximum absolute atomic E-state index is 6.35. The Balaban J connectivity index is 2.10. The quantitative estimate of drug-likeness (QED) is 0.945. The normalized spacial score (nSPS) is 22.1. The molecule has 1 atom stereocenters. The lowest BCUT2D eigenvalue weighted by Crippen LogP contribution is -2.27. The highest BCUT2D eigenvalue weighted by atomic mass is 35.5. The van der Waals surface area contributed by atoms with E-state index in [-0.39, 0.29) is 5.41 Å². The third-order valence-corrected chi connectivity index (χ3v) is 4.36. The molecule has 106 valence electrons. The Morgan fingerprint density at radius 3 is 3.00 bits per heavy atom. The summed E-state index contributed by atoms with van der Waals surface area (Å²) in [5.74, 6) is 0.791. The fourth-order valence-corrected chi connectivity index (χ4v) is 2.98. The number of ether oxygens (including phenoxy) is 1. The van der Waals surface area contributed by atoms with Crippen molar-refractivity contribution in [2.45, 2.75) is 18.8 Å². The highest BCUT2D eigenvalue weighted by Gasteiger charge is 2.33. The number of benzene rings is 1. The Hall–Kier alpha value is -1.52. The van der Waals surface area contributed by atoms with Crippen molar-refractivity contribution in [3.63, 3.8) is 0 Å². The van der Waals surface area contributed by atoms with Crippen molar-refractivity contribution in [2.75, 3.05) is 20.2 Å². The Morgan fingerprint density at radius 2 is 2.30 bits per heavy atom. The molecule has 2 heterocycles. The lowest BCUT2D eigenvalue weighted by Gasteiger charge is -2.24. The molecule has 1 unspecified atom stereocenters. The van der Waals surface area contributed by atoms with Gasteiger partial charge in [0.1, 0.15) is 5.75 Å². The minimum Gasteiger partial charge on any atom is -0.497 e. The number of halogens is 1. The van der Waals surface area contributed by atoms with Gasteiger partial charge in [-0.1, -0.05) is 18.5 Å². The summed E-state index contributed by atoms with van der Waals surface area (Å²) in [5, 5.41) is 4.11. The van der Waals surface area contributed by atoms with Gasteiger partial charge in [-0.25, -0.2) is 4.98 Å². The van der Waals surface area contributed by atoms with Gasteiger partial charge in [-0.2, -0.15) is 0 Å². The molecule has 1 N–H and O–H groups in total. The molecule has 5 heteroatoms. The summed E-state index contributed by atoms with van der Waals surface area (Å²) >= 11 is 6.35. The Morgan fingerprint density at radius 1 is 1.45 bits per heavy atom. The molecule has 0 bridgehead atoms. The van der Waals surface area contributed by atoms with E-state index in [1.807, 2.05) is 30.7 Å². The van der Waals surface area contributed by atoms with E-state index in [0.717, 1.165) is 30.9 Å². The SMILES string of the molecule is COc1ccc(Cl)c(-n2cncc2C2(C)CCNC2)c1. The first-order chi connectivity index (χ1) is 9.64. The molecule has 0 radical (unpaired) electrons. The van der Waals surface area contributed by atoms with E-state index in [4.69, 9.17) is 16.3 Å². The van der Waals surface area contributed by atoms with Gasteiger partial charge < -0.3 is 14.6 Å². The second-order valence-corrected chi connectivity index (χ2v) is 5.86. The number of methoxy groups -OCH3 is 1. The predicted molar refractivity (Wildman–Crippen MR) is 80.0 cm³/mol. The van der Waals surface area contributed by atoms with Crippen molar-refractivity contribution in [1.82, 2.24) is 14.9 Å². The molecule has 3 rings (SSSR count). The van der Waals surface area contributed by atoms with Crippen LogP contribution >= 0.6 is 11.6 Å². The van der Waals surface area contributed by atoms with Crippen LogP contribution in [0.5, 0.6) is 5.75 Å². The average molecular weight is 292 g/mol. The lowest BCUT2D eigenvalue weighted by atomic mass is 9.86. The molecule has 1 aliphatic heterocycles. The van der Waals surface area contributed by atoms with Crippen LogP contribution in [0.4, 0.5) is 0 Å². The predicted octanol–water partition coefficient (Wildman–Crippen LogP) is 2.79. The van der Waals surface area contributed by atoms with Gasteiger partial charge in [0.15, 0.2) is 0 Å². The van der Waals surface area contributed by atoms with Crippen LogP contribution < -0.4 is 10.1 Å². The van der Waals surface area contributed by atoms with Crippen LogP contribution in [0.2, 0.25) is 5.02 Å². The van der Waals surface area contributed by atoms with E-state index in [9.17, 15) is 0 Å². The molecule has 1 saturated heterocycles. The molecule has 1 aromatic heterocycles. The van der Waals surface area contributed by atoms with Crippen molar-refractivity contribution < 1.29 is 4.74 Å². The van der Waals surface area contributed by atoms with Crippen molar-refractivity contribution in [3.8, 4) is 11.4 Å². The van der Waals surface area contributed by atoms with Crippen LogP contribution in [0.25, 0.3) is 5.69 Å². The van der Waals surface area contributed by atoms with Crippen LogP contribution in [-0.4, -0.2) is 29.8 Å². The molecule has 0 aliphatic carbocycles. The standard InChI is InChI=1S/C15H18ClN3O/c1-15(5-6-17-9-15)14-8-18-10-19(14)13-7-11(20-2)3-4-12(13)16/h3-4,7-8,10,17H,5-6,9H2,1-2H3. The summed E-state index contributed by atoms with van der Waals surface area (Å²) in [6, 6.07) is 5.66. The van der Waals surface area contributed by atoms with E-state index in [1.54, 1.807) is 7.11 Å². The molecule has 1 aromatic carbocycles. The van der Waals surface area contributed by atoms with E-state index in [0.29, 0.717) is 5.02 Å². The smallest absolute Gasteiger partial charge is 0.121 e. The third kappa shape index (κ3) is 2.19. The molecule has 1 aliphatic rings. The molecular weight excluding hydrogens is 274 g/mol. The van der Waals surface area contributed by atoms with Gasteiger partial charge in [-0.05, 0) is 25.1 Å². The highest BCUT2D eigenvalue weighted by molar-refractivity contribution is 6.32. The number of nitrogens with zero attached hydrogens (tertiary/aromatic N) is 2. The molecule has 4 nitrogen and oxygen atoms in total. The fraction of sp³-hybridized carbons (Fsp3) is 0.400. The number of aromatic nitrogens is 2. The van der Waals surface area contributed by atoms with Crippen molar-refractivity contribution in [1.29, 1.82) is 0 Å². The Labute approximate surface area is 123 Å². The first kappa shape index (κ1) is 13.5. The number of hydrogen-bond donors (Lipinski definition) is 1. The summed E-state index contributed by atoms with van der Waals surface area (Å²) in [6.07, 6.45) is 4.85.